The van der Waals surface area contributed by atoms with E-state index in [0.29, 0.717) is 18.7 Å². The molecule has 1 fully saturated rings. The molecule has 128 valence electrons. The van der Waals surface area contributed by atoms with Crippen molar-refractivity contribution in [3.05, 3.63) is 41.6 Å². The van der Waals surface area contributed by atoms with Crippen LogP contribution in [0.5, 0.6) is 0 Å². The van der Waals surface area contributed by atoms with E-state index < -0.39 is 0 Å². The normalized spacial score (nSPS) is 17.0. The molecule has 1 atom stereocenters. The summed E-state index contributed by atoms with van der Waals surface area (Å²) >= 11 is 0. The van der Waals surface area contributed by atoms with Crippen LogP contribution in [0.4, 0.5) is 11.5 Å². The van der Waals surface area contributed by atoms with Gasteiger partial charge in [0.05, 0.1) is 11.8 Å². The van der Waals surface area contributed by atoms with Gasteiger partial charge in [-0.15, -0.1) is 0 Å². The summed E-state index contributed by atoms with van der Waals surface area (Å²) in [5.74, 6) is 0.531. The van der Waals surface area contributed by atoms with Gasteiger partial charge >= 0.3 is 0 Å². The lowest BCUT2D eigenvalue weighted by molar-refractivity contribution is -0.116. The molecule has 1 saturated heterocycles. The molecule has 2 heterocycles. The Kier molecular flexibility index (Phi) is 5.15. The summed E-state index contributed by atoms with van der Waals surface area (Å²) in [6.45, 7) is 0.789. The number of hydrogen-bond donors (Lipinski definition) is 2. The summed E-state index contributed by atoms with van der Waals surface area (Å²) < 4.78 is 5.61. The molecule has 24 heavy (non-hydrogen) atoms. The van der Waals surface area contributed by atoms with Crippen LogP contribution in [-0.2, 0) is 16.0 Å². The molecular weight excluding hydrogens is 304 g/mol. The Morgan fingerprint density at radius 2 is 2.29 bits per heavy atom. The molecule has 0 radical (unpaired) electrons. The minimum Gasteiger partial charge on any atom is -0.378 e. The fourth-order valence-electron chi connectivity index (χ4n) is 2.84. The lowest BCUT2D eigenvalue weighted by Crippen LogP contribution is -2.13. The number of benzene rings is 1. The van der Waals surface area contributed by atoms with E-state index in [2.05, 4.69) is 32.5 Å². The number of carbonyl (C=O) groups is 1. The molecule has 0 bridgehead atoms. The van der Waals surface area contributed by atoms with Gasteiger partial charge in [0.2, 0.25) is 5.91 Å². The van der Waals surface area contributed by atoms with Crippen LogP contribution >= 0.6 is 0 Å². The number of ether oxygens (including phenoxy) is 1. The van der Waals surface area contributed by atoms with Gasteiger partial charge in [-0.3, -0.25) is 9.89 Å². The SMILES string of the molecule is CN(C)c1cccc(CCC(=O)Nc2cc(C3CCCO3)[nH]n2)c1. The largest absolute Gasteiger partial charge is 0.378 e. The highest BCUT2D eigenvalue weighted by atomic mass is 16.5. The summed E-state index contributed by atoms with van der Waals surface area (Å²) in [5, 5.41) is 9.95. The Morgan fingerprint density at radius 1 is 1.42 bits per heavy atom. The van der Waals surface area contributed by atoms with Crippen LogP contribution in [0.2, 0.25) is 0 Å². The van der Waals surface area contributed by atoms with E-state index in [1.807, 2.05) is 32.3 Å². The van der Waals surface area contributed by atoms with E-state index >= 15 is 0 Å². The van der Waals surface area contributed by atoms with Crippen molar-refractivity contribution in [3.8, 4) is 0 Å². The molecule has 2 N–H and O–H groups in total. The summed E-state index contributed by atoms with van der Waals surface area (Å²) in [7, 11) is 4.02. The summed E-state index contributed by atoms with van der Waals surface area (Å²) in [6, 6.07) is 10.1. The first-order valence-corrected chi connectivity index (χ1v) is 8.35. The Hall–Kier alpha value is -2.34. The van der Waals surface area contributed by atoms with Gasteiger partial charge in [0.15, 0.2) is 5.82 Å². The lowest BCUT2D eigenvalue weighted by Gasteiger charge is -2.13. The number of H-pyrrole nitrogens is 1. The Balaban J connectivity index is 1.51. The third-order valence-corrected chi connectivity index (χ3v) is 4.21. The van der Waals surface area contributed by atoms with Crippen LogP contribution in [0.1, 0.15) is 36.6 Å². The zero-order valence-electron chi connectivity index (χ0n) is 14.2. The number of aromatic nitrogens is 2. The number of amides is 1. The maximum atomic E-state index is 12.1. The van der Waals surface area contributed by atoms with Crippen molar-refractivity contribution in [1.82, 2.24) is 10.2 Å². The smallest absolute Gasteiger partial charge is 0.225 e. The first-order chi connectivity index (χ1) is 11.6. The van der Waals surface area contributed by atoms with E-state index in [1.165, 1.54) is 0 Å². The van der Waals surface area contributed by atoms with Crippen LogP contribution in [0.25, 0.3) is 0 Å². The summed E-state index contributed by atoms with van der Waals surface area (Å²) in [4.78, 5) is 14.2. The zero-order valence-corrected chi connectivity index (χ0v) is 14.2. The van der Waals surface area contributed by atoms with Crippen LogP contribution in [0, 0.1) is 0 Å². The quantitative estimate of drug-likeness (QED) is 0.855. The standard InChI is InChI=1S/C18H24N4O2/c1-22(2)14-6-3-5-13(11-14)8-9-18(23)19-17-12-15(20-21-17)16-7-4-10-24-16/h3,5-6,11-12,16H,4,7-10H2,1-2H3,(H2,19,20,21,23). The third-order valence-electron chi connectivity index (χ3n) is 4.21. The molecule has 6 heteroatoms. The number of hydrogen-bond acceptors (Lipinski definition) is 4. The van der Waals surface area contributed by atoms with Gasteiger partial charge in [0.1, 0.15) is 0 Å². The number of carbonyl (C=O) groups excluding carboxylic acids is 1. The number of nitrogens with zero attached hydrogens (tertiary/aromatic N) is 2. The molecule has 1 aliphatic heterocycles. The maximum Gasteiger partial charge on any atom is 0.225 e. The Morgan fingerprint density at radius 3 is 3.04 bits per heavy atom. The second-order valence-electron chi connectivity index (χ2n) is 6.32. The van der Waals surface area contributed by atoms with Crippen LogP contribution < -0.4 is 10.2 Å². The van der Waals surface area contributed by atoms with Crippen molar-refractivity contribution in [2.45, 2.75) is 31.8 Å². The second-order valence-corrected chi connectivity index (χ2v) is 6.32. The topological polar surface area (TPSA) is 70.2 Å². The van der Waals surface area contributed by atoms with Gasteiger partial charge in [0.25, 0.3) is 0 Å². The molecule has 1 aliphatic rings. The van der Waals surface area contributed by atoms with E-state index in [4.69, 9.17) is 4.74 Å². The minimum absolute atomic E-state index is 0.0318. The monoisotopic (exact) mass is 328 g/mol. The highest BCUT2D eigenvalue weighted by Crippen LogP contribution is 2.28. The van der Waals surface area contributed by atoms with Gasteiger partial charge in [-0.1, -0.05) is 12.1 Å². The average molecular weight is 328 g/mol. The predicted octanol–water partition coefficient (Wildman–Crippen LogP) is 2.90. The first kappa shape index (κ1) is 16.5. The second kappa shape index (κ2) is 7.49. The molecule has 3 rings (SSSR count). The highest BCUT2D eigenvalue weighted by Gasteiger charge is 2.20. The van der Waals surface area contributed by atoms with Gasteiger partial charge in [-0.25, -0.2) is 0 Å². The van der Waals surface area contributed by atoms with Gasteiger partial charge in [0, 0.05) is 38.9 Å². The van der Waals surface area contributed by atoms with Crippen molar-refractivity contribution < 1.29 is 9.53 Å². The highest BCUT2D eigenvalue weighted by molar-refractivity contribution is 5.89. The van der Waals surface area contributed by atoms with Crippen LogP contribution in [-0.4, -0.2) is 36.8 Å². The minimum atomic E-state index is -0.0318. The number of anilines is 2. The molecule has 1 unspecified atom stereocenters. The number of aromatic amines is 1. The van der Waals surface area contributed by atoms with Gasteiger partial charge < -0.3 is 15.0 Å². The van der Waals surface area contributed by atoms with Crippen molar-refractivity contribution >= 4 is 17.4 Å². The van der Waals surface area contributed by atoms with Gasteiger partial charge in [-0.2, -0.15) is 5.10 Å². The molecule has 1 aromatic carbocycles. The number of aryl methyl sites for hydroxylation is 1. The first-order valence-electron chi connectivity index (χ1n) is 8.35. The molecule has 1 amide bonds. The molecule has 1 aromatic heterocycles. The van der Waals surface area contributed by atoms with Crippen LogP contribution in [0.15, 0.2) is 30.3 Å². The molecule has 2 aromatic rings. The molecular formula is C18H24N4O2. The van der Waals surface area contributed by atoms with E-state index in [0.717, 1.165) is 36.4 Å². The van der Waals surface area contributed by atoms with Gasteiger partial charge in [-0.05, 0) is 37.0 Å². The van der Waals surface area contributed by atoms with Crippen molar-refractivity contribution in [3.63, 3.8) is 0 Å². The number of rotatable bonds is 6. The maximum absolute atomic E-state index is 12.1. The zero-order chi connectivity index (χ0) is 16.9. The third kappa shape index (κ3) is 4.14. The summed E-state index contributed by atoms with van der Waals surface area (Å²) in [6.07, 6.45) is 3.28. The Bertz CT molecular complexity index is 690. The molecule has 0 spiro atoms. The van der Waals surface area contributed by atoms with E-state index in [9.17, 15) is 4.79 Å². The Labute approximate surface area is 142 Å². The summed E-state index contributed by atoms with van der Waals surface area (Å²) in [5.41, 5.74) is 3.22. The lowest BCUT2D eigenvalue weighted by atomic mass is 10.1. The molecule has 0 aliphatic carbocycles. The fourth-order valence-corrected chi connectivity index (χ4v) is 2.84. The fraction of sp³-hybridized carbons (Fsp3) is 0.444. The number of nitrogens with one attached hydrogen (secondary N) is 2. The molecule has 6 nitrogen and oxygen atoms in total. The predicted molar refractivity (Wildman–Crippen MR) is 94.2 cm³/mol. The average Bonchev–Trinajstić information content (AvgIpc) is 3.24. The van der Waals surface area contributed by atoms with E-state index in [-0.39, 0.29) is 12.0 Å². The van der Waals surface area contributed by atoms with Crippen molar-refractivity contribution in [2.24, 2.45) is 0 Å². The van der Waals surface area contributed by atoms with Crippen molar-refractivity contribution in [2.75, 3.05) is 30.9 Å². The molecule has 0 saturated carbocycles. The van der Waals surface area contributed by atoms with E-state index in [1.54, 1.807) is 0 Å². The van der Waals surface area contributed by atoms with Crippen molar-refractivity contribution in [1.29, 1.82) is 0 Å². The van der Waals surface area contributed by atoms with Crippen LogP contribution in [0.3, 0.4) is 0 Å².